The number of hydrogen-bond donors (Lipinski definition) is 1. The van der Waals surface area contributed by atoms with Gasteiger partial charge in [-0.05, 0) is 44.6 Å². The number of nitrogens with two attached hydrogens (primary N) is 1. The van der Waals surface area contributed by atoms with E-state index in [0.717, 1.165) is 37.2 Å². The van der Waals surface area contributed by atoms with Gasteiger partial charge in [-0.2, -0.15) is 0 Å². The summed E-state index contributed by atoms with van der Waals surface area (Å²) in [6, 6.07) is 4.75. The van der Waals surface area contributed by atoms with Crippen molar-refractivity contribution in [2.24, 2.45) is 11.7 Å². The highest BCUT2D eigenvalue weighted by atomic mass is 19.1. The van der Waals surface area contributed by atoms with E-state index < -0.39 is 0 Å². The van der Waals surface area contributed by atoms with Gasteiger partial charge in [-0.1, -0.05) is 19.1 Å². The molecule has 1 saturated carbocycles. The third kappa shape index (κ3) is 3.02. The summed E-state index contributed by atoms with van der Waals surface area (Å²) in [7, 11) is 0. The van der Waals surface area contributed by atoms with Crippen LogP contribution in [-0.4, -0.2) is 6.10 Å². The molecule has 1 aliphatic rings. The van der Waals surface area contributed by atoms with Crippen LogP contribution in [0.4, 0.5) is 4.39 Å². The lowest BCUT2D eigenvalue weighted by atomic mass is 9.89. The molecule has 2 N–H and O–H groups in total. The van der Waals surface area contributed by atoms with Crippen molar-refractivity contribution in [3.63, 3.8) is 0 Å². The maximum absolute atomic E-state index is 13.9. The largest absolute Gasteiger partial charge is 0.487 e. The molecule has 0 heterocycles. The monoisotopic (exact) mass is 251 g/mol. The highest BCUT2D eigenvalue weighted by Crippen LogP contribution is 2.32. The molecule has 0 spiro atoms. The molecule has 0 amide bonds. The Balaban J connectivity index is 2.13. The first-order valence-corrected chi connectivity index (χ1v) is 6.78. The summed E-state index contributed by atoms with van der Waals surface area (Å²) >= 11 is 0. The van der Waals surface area contributed by atoms with Gasteiger partial charge in [-0.25, -0.2) is 4.39 Å². The highest BCUT2D eigenvalue weighted by Gasteiger charge is 2.22. The number of para-hydroxylation sites is 1. The minimum Gasteiger partial charge on any atom is -0.487 e. The molecule has 0 aromatic heterocycles. The fraction of sp³-hybridized carbons (Fsp3) is 0.600. The van der Waals surface area contributed by atoms with E-state index in [2.05, 4.69) is 6.92 Å². The van der Waals surface area contributed by atoms with Crippen LogP contribution in [0.2, 0.25) is 0 Å². The molecule has 0 bridgehead atoms. The number of ether oxygens (including phenoxy) is 1. The van der Waals surface area contributed by atoms with Crippen LogP contribution in [0.3, 0.4) is 0 Å². The Labute approximate surface area is 108 Å². The zero-order valence-electron chi connectivity index (χ0n) is 11.2. The summed E-state index contributed by atoms with van der Waals surface area (Å²) in [5.41, 5.74) is 6.62. The third-order valence-electron chi connectivity index (χ3n) is 3.74. The molecule has 1 fully saturated rings. The van der Waals surface area contributed by atoms with E-state index >= 15 is 0 Å². The Morgan fingerprint density at radius 1 is 1.28 bits per heavy atom. The first kappa shape index (κ1) is 13.3. The fourth-order valence-electron chi connectivity index (χ4n) is 2.52. The minimum atomic E-state index is -0.302. The van der Waals surface area contributed by atoms with Gasteiger partial charge >= 0.3 is 0 Å². The Hall–Kier alpha value is -1.09. The summed E-state index contributed by atoms with van der Waals surface area (Å²) in [5, 5.41) is 0. The van der Waals surface area contributed by atoms with Gasteiger partial charge in [0.2, 0.25) is 0 Å². The molecule has 2 rings (SSSR count). The average Bonchev–Trinajstić information content (AvgIpc) is 2.34. The lowest BCUT2D eigenvalue weighted by Crippen LogP contribution is -2.24. The zero-order chi connectivity index (χ0) is 13.1. The summed E-state index contributed by atoms with van der Waals surface area (Å²) < 4.78 is 19.7. The second-order valence-electron chi connectivity index (χ2n) is 5.45. The number of halogens is 1. The van der Waals surface area contributed by atoms with E-state index in [1.54, 1.807) is 6.07 Å². The first-order chi connectivity index (χ1) is 8.58. The van der Waals surface area contributed by atoms with Crippen LogP contribution in [0.5, 0.6) is 5.75 Å². The second-order valence-corrected chi connectivity index (χ2v) is 5.45. The van der Waals surface area contributed by atoms with Gasteiger partial charge in [0.15, 0.2) is 11.6 Å². The summed E-state index contributed by atoms with van der Waals surface area (Å²) in [4.78, 5) is 0. The fourth-order valence-corrected chi connectivity index (χ4v) is 2.52. The maximum atomic E-state index is 13.9. The van der Waals surface area contributed by atoms with Crippen LogP contribution in [-0.2, 0) is 0 Å². The Kier molecular flexibility index (Phi) is 4.23. The predicted octanol–water partition coefficient (Wildman–Crippen LogP) is 3.80. The average molecular weight is 251 g/mol. The van der Waals surface area contributed by atoms with Crippen LogP contribution < -0.4 is 10.5 Å². The SMILES string of the molecule is CC1CCC(Oc2c(F)cccc2[C@@H](C)N)CC1. The van der Waals surface area contributed by atoms with Gasteiger partial charge in [0.05, 0.1) is 6.10 Å². The maximum Gasteiger partial charge on any atom is 0.165 e. The van der Waals surface area contributed by atoms with Gasteiger partial charge in [0.25, 0.3) is 0 Å². The molecule has 1 aliphatic carbocycles. The Morgan fingerprint density at radius 2 is 1.94 bits per heavy atom. The minimum absolute atomic E-state index is 0.135. The number of rotatable bonds is 3. The van der Waals surface area contributed by atoms with Gasteiger partial charge in [-0.15, -0.1) is 0 Å². The van der Waals surface area contributed by atoms with Crippen molar-refractivity contribution < 1.29 is 9.13 Å². The van der Waals surface area contributed by atoms with Crippen LogP contribution in [0.1, 0.15) is 51.1 Å². The Bertz CT molecular complexity index is 397. The van der Waals surface area contributed by atoms with Gasteiger partial charge in [0, 0.05) is 11.6 Å². The predicted molar refractivity (Wildman–Crippen MR) is 71.1 cm³/mol. The quantitative estimate of drug-likeness (QED) is 0.886. The molecule has 1 aromatic carbocycles. The van der Waals surface area contributed by atoms with Crippen molar-refractivity contribution in [3.05, 3.63) is 29.6 Å². The van der Waals surface area contributed by atoms with Crippen molar-refractivity contribution in [1.82, 2.24) is 0 Å². The van der Waals surface area contributed by atoms with Crippen LogP contribution in [0.15, 0.2) is 18.2 Å². The number of benzene rings is 1. The van der Waals surface area contributed by atoms with E-state index in [0.29, 0.717) is 5.75 Å². The van der Waals surface area contributed by atoms with E-state index in [-0.39, 0.29) is 18.0 Å². The van der Waals surface area contributed by atoms with Crippen LogP contribution in [0, 0.1) is 11.7 Å². The molecule has 2 nitrogen and oxygen atoms in total. The van der Waals surface area contributed by atoms with Crippen molar-refractivity contribution in [2.75, 3.05) is 0 Å². The lowest BCUT2D eigenvalue weighted by Gasteiger charge is -2.28. The van der Waals surface area contributed by atoms with Gasteiger partial charge in [0.1, 0.15) is 0 Å². The molecule has 0 aliphatic heterocycles. The van der Waals surface area contributed by atoms with Gasteiger partial charge < -0.3 is 10.5 Å². The molecule has 100 valence electrons. The topological polar surface area (TPSA) is 35.2 Å². The highest BCUT2D eigenvalue weighted by molar-refractivity contribution is 5.37. The van der Waals surface area contributed by atoms with E-state index in [4.69, 9.17) is 10.5 Å². The normalized spacial score (nSPS) is 25.8. The lowest BCUT2D eigenvalue weighted by molar-refractivity contribution is 0.128. The molecule has 18 heavy (non-hydrogen) atoms. The van der Waals surface area contributed by atoms with Gasteiger partial charge in [-0.3, -0.25) is 0 Å². The molecule has 3 heteroatoms. The Morgan fingerprint density at radius 3 is 2.56 bits per heavy atom. The molecule has 1 atom stereocenters. The summed E-state index contributed by atoms with van der Waals surface area (Å²) in [6.45, 7) is 4.11. The number of hydrogen-bond acceptors (Lipinski definition) is 2. The van der Waals surface area contributed by atoms with E-state index in [9.17, 15) is 4.39 Å². The van der Waals surface area contributed by atoms with E-state index in [1.807, 2.05) is 13.0 Å². The molecule has 0 unspecified atom stereocenters. The molecule has 1 aromatic rings. The summed E-state index contributed by atoms with van der Waals surface area (Å²) in [6.07, 6.45) is 4.47. The van der Waals surface area contributed by atoms with Crippen molar-refractivity contribution in [2.45, 2.75) is 51.7 Å². The van der Waals surface area contributed by atoms with Crippen molar-refractivity contribution >= 4 is 0 Å². The molecular weight excluding hydrogens is 229 g/mol. The van der Waals surface area contributed by atoms with Crippen LogP contribution in [0.25, 0.3) is 0 Å². The molecular formula is C15H22FNO. The first-order valence-electron chi connectivity index (χ1n) is 6.78. The van der Waals surface area contributed by atoms with Crippen molar-refractivity contribution in [1.29, 1.82) is 0 Å². The van der Waals surface area contributed by atoms with E-state index in [1.165, 1.54) is 6.07 Å². The second kappa shape index (κ2) is 5.70. The molecule has 0 radical (unpaired) electrons. The smallest absolute Gasteiger partial charge is 0.165 e. The summed E-state index contributed by atoms with van der Waals surface area (Å²) in [5.74, 6) is 0.814. The molecule has 0 saturated heterocycles. The van der Waals surface area contributed by atoms with Crippen molar-refractivity contribution in [3.8, 4) is 5.75 Å². The van der Waals surface area contributed by atoms with Crippen LogP contribution >= 0.6 is 0 Å². The third-order valence-corrected chi connectivity index (χ3v) is 3.74. The zero-order valence-corrected chi connectivity index (χ0v) is 11.2. The standard InChI is InChI=1S/C15H22FNO/c1-10-6-8-12(9-7-10)18-15-13(11(2)17)4-3-5-14(15)16/h3-5,10-12H,6-9,17H2,1-2H3/t10?,11-,12?/m1/s1.